The Kier molecular flexibility index (Phi) is 6.61. The maximum Gasteiger partial charge on any atom is 0.308 e. The Morgan fingerprint density at radius 3 is 2.57 bits per heavy atom. The molecule has 0 aromatic rings. The first-order valence-corrected chi connectivity index (χ1v) is 7.34. The highest BCUT2D eigenvalue weighted by atomic mass is 16.4. The number of nitrogens with zero attached hydrogens (tertiary/aromatic N) is 2. The Labute approximate surface area is 125 Å². The van der Waals surface area contributed by atoms with Crippen LogP contribution in [0.3, 0.4) is 0 Å². The summed E-state index contributed by atoms with van der Waals surface area (Å²) in [5, 5.41) is 11.8. The lowest BCUT2D eigenvalue weighted by molar-refractivity contribution is -0.143. The van der Waals surface area contributed by atoms with E-state index in [1.54, 1.807) is 7.05 Å². The molecule has 2 N–H and O–H groups in total. The number of carboxylic acid groups (broad SMARTS) is 1. The van der Waals surface area contributed by atoms with Crippen LogP contribution in [-0.4, -0.2) is 72.0 Å². The number of hydrogen-bond acceptors (Lipinski definition) is 4. The third-order valence-corrected chi connectivity index (χ3v) is 3.92. The van der Waals surface area contributed by atoms with Crippen molar-refractivity contribution in [2.75, 3.05) is 33.2 Å². The van der Waals surface area contributed by atoms with Gasteiger partial charge in [0.1, 0.15) is 0 Å². The fourth-order valence-electron chi connectivity index (χ4n) is 2.48. The molecule has 0 radical (unpaired) electrons. The van der Waals surface area contributed by atoms with Crippen molar-refractivity contribution in [3.05, 3.63) is 0 Å². The molecule has 0 saturated carbocycles. The molecular weight excluding hydrogens is 274 g/mol. The normalized spacial score (nSPS) is 22.0. The van der Waals surface area contributed by atoms with E-state index in [2.05, 4.69) is 5.32 Å². The van der Waals surface area contributed by atoms with Crippen molar-refractivity contribution in [2.24, 2.45) is 5.92 Å². The van der Waals surface area contributed by atoms with Gasteiger partial charge in [-0.25, -0.2) is 0 Å². The molecule has 0 aliphatic carbocycles. The average molecular weight is 299 g/mol. The molecule has 1 aliphatic heterocycles. The third kappa shape index (κ3) is 5.00. The van der Waals surface area contributed by atoms with E-state index >= 15 is 0 Å². The van der Waals surface area contributed by atoms with Crippen molar-refractivity contribution in [3.63, 3.8) is 0 Å². The van der Waals surface area contributed by atoms with Gasteiger partial charge in [0.15, 0.2) is 0 Å². The minimum atomic E-state index is -0.815. The number of carboxylic acids is 1. The molecule has 21 heavy (non-hydrogen) atoms. The zero-order valence-electron chi connectivity index (χ0n) is 13.0. The van der Waals surface area contributed by atoms with Crippen LogP contribution in [-0.2, 0) is 14.4 Å². The molecule has 0 aromatic carbocycles. The Hall–Kier alpha value is -1.63. The van der Waals surface area contributed by atoms with Crippen molar-refractivity contribution < 1.29 is 19.5 Å². The number of rotatable bonds is 7. The van der Waals surface area contributed by atoms with E-state index in [4.69, 9.17) is 5.11 Å². The highest BCUT2D eigenvalue weighted by Crippen LogP contribution is 2.23. The molecule has 1 rings (SSSR count). The van der Waals surface area contributed by atoms with Crippen LogP contribution in [0.2, 0.25) is 0 Å². The lowest BCUT2D eigenvalue weighted by Gasteiger charge is -2.25. The molecule has 2 unspecified atom stereocenters. The fraction of sp³-hybridized carbons (Fsp3) is 0.786. The fourth-order valence-corrected chi connectivity index (χ4v) is 2.48. The second-order valence-electron chi connectivity index (χ2n) is 5.54. The van der Waals surface area contributed by atoms with Gasteiger partial charge in [0, 0.05) is 19.6 Å². The Morgan fingerprint density at radius 1 is 1.38 bits per heavy atom. The van der Waals surface area contributed by atoms with Crippen molar-refractivity contribution in [1.82, 2.24) is 15.1 Å². The molecule has 120 valence electrons. The van der Waals surface area contributed by atoms with E-state index in [9.17, 15) is 14.4 Å². The summed E-state index contributed by atoms with van der Waals surface area (Å²) in [4.78, 5) is 37.9. The quantitative estimate of drug-likeness (QED) is 0.677. The molecule has 2 amide bonds. The van der Waals surface area contributed by atoms with Crippen LogP contribution in [0.4, 0.5) is 0 Å². The molecule has 1 fully saturated rings. The molecule has 0 spiro atoms. The van der Waals surface area contributed by atoms with Gasteiger partial charge in [-0.3, -0.25) is 19.3 Å². The molecule has 7 nitrogen and oxygen atoms in total. The number of likely N-dealkylation sites (N-methyl/N-ethyl adjacent to an activating group) is 1. The minimum Gasteiger partial charge on any atom is -0.481 e. The van der Waals surface area contributed by atoms with Gasteiger partial charge < -0.3 is 15.3 Å². The molecule has 7 heteroatoms. The number of aliphatic carboxylic acids is 1. The standard InChI is InChI=1S/C14H25N3O4/c1-4-6-15-12(18)8-16(3)13(19)9-17-7-5-11(10(17)2)14(20)21/h10-11H,4-9H2,1-3H3,(H,15,18)(H,20,21). The Bertz CT molecular complexity index is 400. The summed E-state index contributed by atoms with van der Waals surface area (Å²) in [5.41, 5.74) is 0. The van der Waals surface area contributed by atoms with Gasteiger partial charge in [-0.15, -0.1) is 0 Å². The Balaban J connectivity index is 2.42. The summed E-state index contributed by atoms with van der Waals surface area (Å²) in [6, 6.07) is -0.159. The number of carbonyl (C=O) groups is 3. The highest BCUT2D eigenvalue weighted by molar-refractivity contribution is 5.85. The molecule has 1 saturated heterocycles. The summed E-state index contributed by atoms with van der Waals surface area (Å²) in [6.45, 7) is 5.17. The molecule has 0 aromatic heterocycles. The summed E-state index contributed by atoms with van der Waals surface area (Å²) >= 11 is 0. The van der Waals surface area contributed by atoms with Crippen LogP contribution in [0.1, 0.15) is 26.7 Å². The molecule has 1 heterocycles. The smallest absolute Gasteiger partial charge is 0.308 e. The summed E-state index contributed by atoms with van der Waals surface area (Å²) in [6.07, 6.45) is 1.41. The van der Waals surface area contributed by atoms with Crippen molar-refractivity contribution in [1.29, 1.82) is 0 Å². The topological polar surface area (TPSA) is 90.0 Å². The second-order valence-corrected chi connectivity index (χ2v) is 5.54. The monoisotopic (exact) mass is 299 g/mol. The maximum absolute atomic E-state index is 12.1. The van der Waals surface area contributed by atoms with E-state index in [-0.39, 0.29) is 30.9 Å². The first-order valence-electron chi connectivity index (χ1n) is 7.34. The zero-order valence-corrected chi connectivity index (χ0v) is 13.0. The maximum atomic E-state index is 12.1. The van der Waals surface area contributed by atoms with Crippen LogP contribution >= 0.6 is 0 Å². The highest BCUT2D eigenvalue weighted by Gasteiger charge is 2.36. The summed E-state index contributed by atoms with van der Waals surface area (Å²) in [7, 11) is 1.59. The van der Waals surface area contributed by atoms with Gasteiger partial charge >= 0.3 is 5.97 Å². The van der Waals surface area contributed by atoms with Crippen LogP contribution in [0.25, 0.3) is 0 Å². The van der Waals surface area contributed by atoms with Crippen molar-refractivity contribution in [2.45, 2.75) is 32.7 Å². The number of amides is 2. The number of likely N-dealkylation sites (tertiary alicyclic amines) is 1. The van der Waals surface area contributed by atoms with E-state index < -0.39 is 11.9 Å². The predicted molar refractivity (Wildman–Crippen MR) is 77.7 cm³/mol. The SMILES string of the molecule is CCCNC(=O)CN(C)C(=O)CN1CCC(C(=O)O)C1C. The van der Waals surface area contributed by atoms with Crippen molar-refractivity contribution in [3.8, 4) is 0 Å². The second kappa shape index (κ2) is 7.97. The van der Waals surface area contributed by atoms with Crippen LogP contribution in [0.15, 0.2) is 0 Å². The lowest BCUT2D eigenvalue weighted by atomic mass is 10.0. The van der Waals surface area contributed by atoms with Crippen LogP contribution in [0, 0.1) is 5.92 Å². The predicted octanol–water partition coefficient (Wildman–Crippen LogP) is -0.234. The van der Waals surface area contributed by atoms with E-state index in [1.807, 2.05) is 18.7 Å². The minimum absolute atomic E-state index is 0.0312. The van der Waals surface area contributed by atoms with Crippen molar-refractivity contribution >= 4 is 17.8 Å². The molecule has 1 aliphatic rings. The summed E-state index contributed by atoms with van der Waals surface area (Å²) < 4.78 is 0. The number of nitrogens with one attached hydrogen (secondary N) is 1. The molecule has 2 atom stereocenters. The van der Waals surface area contributed by atoms with Gasteiger partial charge in [-0.05, 0) is 26.3 Å². The first-order chi connectivity index (χ1) is 9.86. The zero-order chi connectivity index (χ0) is 16.0. The van der Waals surface area contributed by atoms with Crippen LogP contribution in [0.5, 0.6) is 0 Å². The largest absolute Gasteiger partial charge is 0.481 e. The average Bonchev–Trinajstić information content (AvgIpc) is 2.77. The number of hydrogen-bond donors (Lipinski definition) is 2. The molecular formula is C14H25N3O4. The number of carbonyl (C=O) groups excluding carboxylic acids is 2. The van der Waals surface area contributed by atoms with Gasteiger partial charge in [-0.1, -0.05) is 6.92 Å². The van der Waals surface area contributed by atoms with Gasteiger partial charge in [0.05, 0.1) is 19.0 Å². The van der Waals surface area contributed by atoms with Gasteiger partial charge in [0.2, 0.25) is 11.8 Å². The van der Waals surface area contributed by atoms with E-state index in [1.165, 1.54) is 4.90 Å². The first kappa shape index (κ1) is 17.4. The van der Waals surface area contributed by atoms with E-state index in [0.717, 1.165) is 6.42 Å². The third-order valence-electron chi connectivity index (χ3n) is 3.92. The Morgan fingerprint density at radius 2 is 2.05 bits per heavy atom. The molecule has 0 bridgehead atoms. The van der Waals surface area contributed by atoms with Gasteiger partial charge in [0.25, 0.3) is 0 Å². The lowest BCUT2D eigenvalue weighted by Crippen LogP contribution is -2.44. The van der Waals surface area contributed by atoms with Crippen LogP contribution < -0.4 is 5.32 Å². The van der Waals surface area contributed by atoms with E-state index in [0.29, 0.717) is 19.5 Å². The van der Waals surface area contributed by atoms with Gasteiger partial charge in [-0.2, -0.15) is 0 Å². The summed E-state index contributed by atoms with van der Waals surface area (Å²) in [5.74, 6) is -1.58.